The van der Waals surface area contributed by atoms with Crippen molar-refractivity contribution in [2.24, 2.45) is 0 Å². The Morgan fingerprint density at radius 2 is 1.64 bits per heavy atom. The highest BCUT2D eigenvalue weighted by molar-refractivity contribution is 5.51. The minimum absolute atomic E-state index is 0.0881. The standard InChI is InChI=1S/C29H40N4O3/c1-34-28-19-25(20-30-21-28)33-17-18-35-29(22-33)11-15-32(16-12-29)24-5-7-26(8-6-24)36-27-9-13-31(14-10-27)23-3-2-4-23/h5-8,19-21,23,27H,2-4,9-18,22H2,1H3. The zero-order valence-corrected chi connectivity index (χ0v) is 21.6. The Morgan fingerprint density at radius 1 is 0.861 bits per heavy atom. The molecule has 0 unspecified atom stereocenters. The van der Waals surface area contributed by atoms with Crippen LogP contribution in [0.5, 0.6) is 11.5 Å². The first kappa shape index (κ1) is 23.9. The second-order valence-corrected chi connectivity index (χ2v) is 11.0. The molecular formula is C29H40N4O3. The number of methoxy groups -OCH3 is 1. The average Bonchev–Trinajstić information content (AvgIpc) is 2.90. The van der Waals surface area contributed by atoms with Crippen LogP contribution >= 0.6 is 0 Å². The van der Waals surface area contributed by atoms with Gasteiger partial charge in [-0.2, -0.15) is 0 Å². The Hall–Kier alpha value is -2.51. The largest absolute Gasteiger partial charge is 0.495 e. The van der Waals surface area contributed by atoms with Gasteiger partial charge < -0.3 is 28.9 Å². The van der Waals surface area contributed by atoms with Crippen molar-refractivity contribution in [3.8, 4) is 11.5 Å². The van der Waals surface area contributed by atoms with E-state index < -0.39 is 0 Å². The van der Waals surface area contributed by atoms with Crippen molar-refractivity contribution in [3.63, 3.8) is 0 Å². The number of morpholine rings is 1. The summed E-state index contributed by atoms with van der Waals surface area (Å²) in [4.78, 5) is 11.9. The third-order valence-corrected chi connectivity index (χ3v) is 8.80. The summed E-state index contributed by atoms with van der Waals surface area (Å²) in [6.45, 7) is 6.94. The highest BCUT2D eigenvalue weighted by Gasteiger charge is 2.40. The lowest BCUT2D eigenvalue weighted by Crippen LogP contribution is -2.57. The molecule has 4 aliphatic rings. The summed E-state index contributed by atoms with van der Waals surface area (Å²) in [6.07, 6.45) is 12.6. The average molecular weight is 493 g/mol. The van der Waals surface area contributed by atoms with Crippen molar-refractivity contribution in [1.82, 2.24) is 9.88 Å². The molecule has 36 heavy (non-hydrogen) atoms. The van der Waals surface area contributed by atoms with Crippen LogP contribution in [0.2, 0.25) is 0 Å². The molecule has 3 saturated heterocycles. The number of anilines is 2. The summed E-state index contributed by atoms with van der Waals surface area (Å²) in [5.74, 6) is 1.81. The minimum Gasteiger partial charge on any atom is -0.495 e. The summed E-state index contributed by atoms with van der Waals surface area (Å²) in [6, 6.07) is 11.7. The van der Waals surface area contributed by atoms with Gasteiger partial charge in [-0.1, -0.05) is 6.42 Å². The van der Waals surface area contributed by atoms with Crippen LogP contribution in [0.25, 0.3) is 0 Å². The molecule has 194 valence electrons. The van der Waals surface area contributed by atoms with Crippen molar-refractivity contribution in [1.29, 1.82) is 0 Å². The summed E-state index contributed by atoms with van der Waals surface area (Å²) < 4.78 is 18.1. The minimum atomic E-state index is -0.0881. The highest BCUT2D eigenvalue weighted by Crippen LogP contribution is 2.35. The molecular weight excluding hydrogens is 452 g/mol. The maximum atomic E-state index is 6.39. The molecule has 7 nitrogen and oxygen atoms in total. The SMILES string of the molecule is COc1cncc(N2CCOC3(CCN(c4ccc(OC5CCN(C6CCC6)CC5)cc4)CC3)C2)c1. The van der Waals surface area contributed by atoms with E-state index in [1.165, 1.54) is 38.0 Å². The van der Waals surface area contributed by atoms with E-state index in [0.717, 1.165) is 81.7 Å². The van der Waals surface area contributed by atoms with Crippen molar-refractivity contribution in [2.45, 2.75) is 62.7 Å². The first-order chi connectivity index (χ1) is 17.7. The second kappa shape index (κ2) is 10.5. The van der Waals surface area contributed by atoms with Crippen LogP contribution in [0, 0.1) is 0 Å². The number of likely N-dealkylation sites (tertiary alicyclic amines) is 1. The van der Waals surface area contributed by atoms with E-state index in [2.05, 4.69) is 50.0 Å². The fraction of sp³-hybridized carbons (Fsp3) is 0.621. The first-order valence-corrected chi connectivity index (χ1v) is 13.8. The van der Waals surface area contributed by atoms with E-state index >= 15 is 0 Å². The van der Waals surface area contributed by atoms with Gasteiger partial charge in [-0.3, -0.25) is 4.98 Å². The molecule has 0 N–H and O–H groups in total. The molecule has 1 spiro atoms. The number of aromatic nitrogens is 1. The van der Waals surface area contributed by atoms with Gasteiger partial charge in [0.15, 0.2) is 0 Å². The monoisotopic (exact) mass is 492 g/mol. The van der Waals surface area contributed by atoms with Crippen LogP contribution in [0.3, 0.4) is 0 Å². The Labute approximate surface area is 215 Å². The van der Waals surface area contributed by atoms with Gasteiger partial charge in [-0.15, -0.1) is 0 Å². The highest BCUT2D eigenvalue weighted by atomic mass is 16.5. The third kappa shape index (κ3) is 5.14. The summed E-state index contributed by atoms with van der Waals surface area (Å²) in [7, 11) is 1.69. The molecule has 0 amide bonds. The van der Waals surface area contributed by atoms with Gasteiger partial charge in [0.25, 0.3) is 0 Å². The number of rotatable bonds is 6. The van der Waals surface area contributed by atoms with Gasteiger partial charge in [-0.05, 0) is 62.8 Å². The molecule has 4 fully saturated rings. The normalized spacial score (nSPS) is 23.5. The number of pyridine rings is 1. The van der Waals surface area contributed by atoms with Crippen LogP contribution in [0.15, 0.2) is 42.7 Å². The zero-order valence-electron chi connectivity index (χ0n) is 21.6. The van der Waals surface area contributed by atoms with E-state index in [-0.39, 0.29) is 5.60 Å². The van der Waals surface area contributed by atoms with Gasteiger partial charge in [-0.25, -0.2) is 0 Å². The topological polar surface area (TPSA) is 50.3 Å². The van der Waals surface area contributed by atoms with Gasteiger partial charge in [0.2, 0.25) is 0 Å². The maximum absolute atomic E-state index is 6.39. The number of ether oxygens (including phenoxy) is 3. The van der Waals surface area contributed by atoms with Crippen LogP contribution < -0.4 is 19.3 Å². The molecule has 1 aromatic heterocycles. The van der Waals surface area contributed by atoms with Crippen LogP contribution in [-0.2, 0) is 4.74 Å². The quantitative estimate of drug-likeness (QED) is 0.594. The molecule has 3 aliphatic heterocycles. The lowest BCUT2D eigenvalue weighted by Gasteiger charge is -2.48. The number of hydrogen-bond acceptors (Lipinski definition) is 7. The predicted octanol–water partition coefficient (Wildman–Crippen LogP) is 4.36. The molecule has 1 aliphatic carbocycles. The maximum Gasteiger partial charge on any atom is 0.139 e. The van der Waals surface area contributed by atoms with E-state index in [1.807, 2.05) is 6.20 Å². The fourth-order valence-corrected chi connectivity index (χ4v) is 6.27. The summed E-state index contributed by atoms with van der Waals surface area (Å²) in [5, 5.41) is 0. The lowest BCUT2D eigenvalue weighted by molar-refractivity contribution is -0.0704. The van der Waals surface area contributed by atoms with E-state index in [9.17, 15) is 0 Å². The Kier molecular flexibility index (Phi) is 6.94. The molecule has 0 bridgehead atoms. The first-order valence-electron chi connectivity index (χ1n) is 13.8. The molecule has 7 heteroatoms. The molecule has 1 saturated carbocycles. The smallest absolute Gasteiger partial charge is 0.139 e. The Morgan fingerprint density at radius 3 is 2.33 bits per heavy atom. The number of benzene rings is 1. The zero-order chi connectivity index (χ0) is 24.4. The Bertz CT molecular complexity index is 996. The molecule has 6 rings (SSSR count). The van der Waals surface area contributed by atoms with Crippen LogP contribution in [-0.4, -0.2) is 80.6 Å². The van der Waals surface area contributed by atoms with Crippen molar-refractivity contribution >= 4 is 11.4 Å². The van der Waals surface area contributed by atoms with Crippen molar-refractivity contribution in [3.05, 3.63) is 42.7 Å². The molecule has 2 aromatic rings. The number of nitrogens with zero attached hydrogens (tertiary/aromatic N) is 4. The van der Waals surface area contributed by atoms with Gasteiger partial charge in [0.05, 0.1) is 37.4 Å². The van der Waals surface area contributed by atoms with Gasteiger partial charge in [0.1, 0.15) is 17.6 Å². The number of piperidine rings is 2. The van der Waals surface area contributed by atoms with E-state index in [0.29, 0.717) is 6.10 Å². The molecule has 0 atom stereocenters. The van der Waals surface area contributed by atoms with Gasteiger partial charge in [0, 0.05) is 57.1 Å². The lowest BCUT2D eigenvalue weighted by atomic mass is 9.89. The second-order valence-electron chi connectivity index (χ2n) is 11.0. The van der Waals surface area contributed by atoms with E-state index in [4.69, 9.17) is 14.2 Å². The third-order valence-electron chi connectivity index (χ3n) is 8.80. The van der Waals surface area contributed by atoms with Gasteiger partial charge >= 0.3 is 0 Å². The summed E-state index contributed by atoms with van der Waals surface area (Å²) >= 11 is 0. The molecule has 4 heterocycles. The number of hydrogen-bond donors (Lipinski definition) is 0. The van der Waals surface area contributed by atoms with Crippen molar-refractivity contribution < 1.29 is 14.2 Å². The predicted molar refractivity (Wildman–Crippen MR) is 142 cm³/mol. The summed E-state index contributed by atoms with van der Waals surface area (Å²) in [5.41, 5.74) is 2.31. The molecule has 0 radical (unpaired) electrons. The Balaban J connectivity index is 1.00. The molecule has 1 aromatic carbocycles. The fourth-order valence-electron chi connectivity index (χ4n) is 6.27. The van der Waals surface area contributed by atoms with Crippen LogP contribution in [0.1, 0.15) is 44.9 Å². The van der Waals surface area contributed by atoms with E-state index in [1.54, 1.807) is 13.3 Å². The van der Waals surface area contributed by atoms with Crippen molar-refractivity contribution in [2.75, 3.05) is 62.8 Å². The van der Waals surface area contributed by atoms with Crippen LogP contribution in [0.4, 0.5) is 11.4 Å².